The van der Waals surface area contributed by atoms with Gasteiger partial charge in [0.1, 0.15) is 5.82 Å². The van der Waals surface area contributed by atoms with Gasteiger partial charge < -0.3 is 19.4 Å². The number of H-pyrrole nitrogens is 1. The summed E-state index contributed by atoms with van der Waals surface area (Å²) in [6, 6.07) is 19.0. The van der Waals surface area contributed by atoms with Gasteiger partial charge in [0.2, 0.25) is 6.79 Å². The summed E-state index contributed by atoms with van der Waals surface area (Å²) in [6.07, 6.45) is 5.25. The first kappa shape index (κ1) is 18.9. The van der Waals surface area contributed by atoms with Gasteiger partial charge >= 0.3 is 0 Å². The van der Waals surface area contributed by atoms with Crippen molar-refractivity contribution in [2.75, 3.05) is 6.79 Å². The highest BCUT2D eigenvalue weighted by atomic mass is 16.7. The number of pyridine rings is 1. The smallest absolute Gasteiger partial charge is 0.254 e. The van der Waals surface area contributed by atoms with Gasteiger partial charge in [-0.3, -0.25) is 9.78 Å². The van der Waals surface area contributed by atoms with E-state index in [0.29, 0.717) is 30.2 Å². The molecule has 3 heterocycles. The molecule has 154 valence electrons. The molecular weight excluding hydrogens is 392 g/mol. The number of amides is 1. The maximum Gasteiger partial charge on any atom is 0.254 e. The first-order chi connectivity index (χ1) is 15.3. The summed E-state index contributed by atoms with van der Waals surface area (Å²) in [5.74, 6) is 1.89. The Bertz CT molecular complexity index is 1190. The van der Waals surface area contributed by atoms with E-state index in [2.05, 4.69) is 15.0 Å². The molecule has 2 aromatic carbocycles. The topological polar surface area (TPSA) is 80.3 Å². The van der Waals surface area contributed by atoms with Gasteiger partial charge in [0.25, 0.3) is 5.91 Å². The molecule has 0 aliphatic carbocycles. The summed E-state index contributed by atoms with van der Waals surface area (Å²) >= 11 is 0. The number of hydrogen-bond donors (Lipinski definition) is 1. The van der Waals surface area contributed by atoms with E-state index in [-0.39, 0.29) is 12.7 Å². The molecular formula is C24H20N4O3. The molecule has 31 heavy (non-hydrogen) atoms. The maximum atomic E-state index is 13.4. The quantitative estimate of drug-likeness (QED) is 0.517. The fourth-order valence-corrected chi connectivity index (χ4v) is 3.51. The Morgan fingerprint density at radius 1 is 0.968 bits per heavy atom. The molecule has 0 bridgehead atoms. The number of carbonyl (C=O) groups is 1. The minimum absolute atomic E-state index is 0.113. The molecule has 0 spiro atoms. The van der Waals surface area contributed by atoms with Gasteiger partial charge in [-0.15, -0.1) is 0 Å². The van der Waals surface area contributed by atoms with E-state index < -0.39 is 0 Å². The number of imidazole rings is 1. The van der Waals surface area contributed by atoms with Crippen molar-refractivity contribution in [1.82, 2.24) is 19.9 Å². The van der Waals surface area contributed by atoms with E-state index in [4.69, 9.17) is 9.47 Å². The summed E-state index contributed by atoms with van der Waals surface area (Å²) in [5.41, 5.74) is 3.32. The first-order valence-electron chi connectivity index (χ1n) is 9.93. The highest BCUT2D eigenvalue weighted by Crippen LogP contribution is 2.33. The number of ether oxygens (including phenoxy) is 2. The van der Waals surface area contributed by atoms with Gasteiger partial charge in [-0.05, 0) is 29.8 Å². The molecule has 0 atom stereocenters. The molecule has 1 N–H and O–H groups in total. The zero-order valence-electron chi connectivity index (χ0n) is 16.7. The maximum absolute atomic E-state index is 13.4. The van der Waals surface area contributed by atoms with Crippen molar-refractivity contribution in [2.45, 2.75) is 13.1 Å². The molecule has 7 nitrogen and oxygen atoms in total. The zero-order valence-corrected chi connectivity index (χ0v) is 16.7. The number of carbonyl (C=O) groups excluding carboxylic acids is 1. The van der Waals surface area contributed by atoms with Gasteiger partial charge in [-0.25, -0.2) is 4.98 Å². The van der Waals surface area contributed by atoms with Gasteiger partial charge in [0, 0.05) is 30.1 Å². The number of aromatic nitrogens is 3. The third kappa shape index (κ3) is 4.11. The average molecular weight is 412 g/mol. The summed E-state index contributed by atoms with van der Waals surface area (Å²) in [6.45, 7) is 0.964. The lowest BCUT2D eigenvalue weighted by atomic mass is 10.1. The predicted octanol–water partition coefficient (Wildman–Crippen LogP) is 4.04. The van der Waals surface area contributed by atoms with Gasteiger partial charge in [0.05, 0.1) is 18.4 Å². The van der Waals surface area contributed by atoms with E-state index in [1.165, 1.54) is 0 Å². The van der Waals surface area contributed by atoms with Gasteiger partial charge in [-0.1, -0.05) is 36.4 Å². The van der Waals surface area contributed by atoms with Crippen LogP contribution < -0.4 is 9.47 Å². The molecule has 2 aromatic heterocycles. The number of benzene rings is 2. The molecule has 1 amide bonds. The summed E-state index contributed by atoms with van der Waals surface area (Å²) in [7, 11) is 0. The number of hydrogen-bond acceptors (Lipinski definition) is 5. The first-order valence-corrected chi connectivity index (χ1v) is 9.93. The molecule has 5 rings (SSSR count). The van der Waals surface area contributed by atoms with Crippen LogP contribution in [0.1, 0.15) is 21.6 Å². The highest BCUT2D eigenvalue weighted by molar-refractivity contribution is 5.95. The van der Waals surface area contributed by atoms with Crippen LogP contribution in [0.25, 0.3) is 11.4 Å². The van der Waals surface area contributed by atoms with Crippen LogP contribution in [-0.2, 0) is 13.1 Å². The van der Waals surface area contributed by atoms with E-state index >= 15 is 0 Å². The van der Waals surface area contributed by atoms with Crippen LogP contribution in [0.15, 0.2) is 79.3 Å². The number of fused-ring (bicyclic) bond motifs is 1. The Labute approximate surface area is 179 Å². The molecule has 7 heteroatoms. The lowest BCUT2D eigenvalue weighted by Crippen LogP contribution is -2.30. The van der Waals surface area contributed by atoms with Crippen molar-refractivity contribution in [1.29, 1.82) is 0 Å². The van der Waals surface area contributed by atoms with Crippen LogP contribution in [0.3, 0.4) is 0 Å². The Morgan fingerprint density at radius 3 is 2.68 bits per heavy atom. The molecule has 4 aromatic rings. The minimum Gasteiger partial charge on any atom is -0.454 e. The lowest BCUT2D eigenvalue weighted by molar-refractivity contribution is 0.0727. The predicted molar refractivity (Wildman–Crippen MR) is 114 cm³/mol. The van der Waals surface area contributed by atoms with E-state index in [1.807, 2.05) is 42.5 Å². The number of aromatic amines is 1. The molecule has 0 fully saturated rings. The van der Waals surface area contributed by atoms with Crippen molar-refractivity contribution in [3.63, 3.8) is 0 Å². The fourth-order valence-electron chi connectivity index (χ4n) is 3.51. The Hall–Kier alpha value is -4.13. The second-order valence-electron chi connectivity index (χ2n) is 7.21. The molecule has 0 saturated carbocycles. The molecule has 1 aliphatic heterocycles. The van der Waals surface area contributed by atoms with Crippen molar-refractivity contribution < 1.29 is 14.3 Å². The van der Waals surface area contributed by atoms with E-state index in [1.54, 1.807) is 41.7 Å². The Morgan fingerprint density at radius 2 is 1.84 bits per heavy atom. The van der Waals surface area contributed by atoms with Crippen LogP contribution in [0.4, 0.5) is 0 Å². The molecule has 0 saturated heterocycles. The van der Waals surface area contributed by atoms with Crippen LogP contribution in [-0.4, -0.2) is 32.6 Å². The number of rotatable bonds is 6. The van der Waals surface area contributed by atoms with Gasteiger partial charge in [0.15, 0.2) is 11.5 Å². The van der Waals surface area contributed by atoms with E-state index in [9.17, 15) is 4.79 Å². The summed E-state index contributed by atoms with van der Waals surface area (Å²) in [5, 5.41) is 0. The zero-order chi connectivity index (χ0) is 21.0. The normalized spacial score (nSPS) is 12.0. The van der Waals surface area contributed by atoms with Crippen LogP contribution in [0.5, 0.6) is 11.5 Å². The molecule has 0 radical (unpaired) electrons. The molecule has 0 unspecified atom stereocenters. The summed E-state index contributed by atoms with van der Waals surface area (Å²) in [4.78, 5) is 27.2. The van der Waals surface area contributed by atoms with Crippen molar-refractivity contribution in [2.24, 2.45) is 0 Å². The summed E-state index contributed by atoms with van der Waals surface area (Å²) < 4.78 is 10.8. The second kappa shape index (κ2) is 8.31. The average Bonchev–Trinajstić information content (AvgIpc) is 3.48. The lowest BCUT2D eigenvalue weighted by Gasteiger charge is -2.22. The fraction of sp³-hybridized carbons (Fsp3) is 0.125. The van der Waals surface area contributed by atoms with Gasteiger partial charge in [-0.2, -0.15) is 0 Å². The third-order valence-corrected chi connectivity index (χ3v) is 5.04. The highest BCUT2D eigenvalue weighted by Gasteiger charge is 2.21. The van der Waals surface area contributed by atoms with Crippen LogP contribution in [0, 0.1) is 0 Å². The number of nitrogens with one attached hydrogen (secondary N) is 1. The van der Waals surface area contributed by atoms with Crippen LogP contribution >= 0.6 is 0 Å². The monoisotopic (exact) mass is 412 g/mol. The minimum atomic E-state index is -0.113. The van der Waals surface area contributed by atoms with Crippen molar-refractivity contribution >= 4 is 5.91 Å². The molecule has 1 aliphatic rings. The second-order valence-corrected chi connectivity index (χ2v) is 7.21. The van der Waals surface area contributed by atoms with Crippen LogP contribution in [0.2, 0.25) is 0 Å². The van der Waals surface area contributed by atoms with Crippen molar-refractivity contribution in [3.8, 4) is 22.9 Å². The Balaban J connectivity index is 1.42. The van der Waals surface area contributed by atoms with E-state index in [0.717, 1.165) is 22.6 Å². The SMILES string of the molecule is O=C(c1ccc2c(c1)OCO2)N(Cc1cccnc1)Cc1cnc(-c2ccccc2)[nH]1. The standard InChI is InChI=1S/C24H20N4O3/c29-24(19-8-9-21-22(11-19)31-16-30-21)28(14-17-5-4-10-25-12-17)15-20-13-26-23(27-20)18-6-2-1-3-7-18/h1-13H,14-16H2,(H,26,27). The third-order valence-electron chi connectivity index (χ3n) is 5.04. The van der Waals surface area contributed by atoms with Crippen molar-refractivity contribution in [3.05, 3.63) is 96.1 Å². The largest absolute Gasteiger partial charge is 0.454 e. The number of nitrogens with zero attached hydrogens (tertiary/aromatic N) is 3. The Kier molecular flexibility index (Phi) is 5.06.